The zero-order valence-electron chi connectivity index (χ0n) is 16.3. The van der Waals surface area contributed by atoms with E-state index in [2.05, 4.69) is 71.6 Å². The van der Waals surface area contributed by atoms with Crippen LogP contribution in [0.3, 0.4) is 0 Å². The van der Waals surface area contributed by atoms with Crippen molar-refractivity contribution < 1.29 is 9.53 Å². The molecule has 0 bridgehead atoms. The molecule has 2 aromatic carbocycles. The van der Waals surface area contributed by atoms with E-state index in [0.717, 1.165) is 23.1 Å². The largest absolute Gasteiger partial charge is 0.494 e. The Morgan fingerprint density at radius 3 is 2.41 bits per heavy atom. The van der Waals surface area contributed by atoms with Gasteiger partial charge < -0.3 is 15.4 Å². The molecule has 2 N–H and O–H groups in total. The van der Waals surface area contributed by atoms with Crippen LogP contribution in [0, 0.1) is 0 Å². The van der Waals surface area contributed by atoms with E-state index < -0.39 is 0 Å². The monoisotopic (exact) mass is 432 g/mol. The van der Waals surface area contributed by atoms with Crippen molar-refractivity contribution in [3.05, 3.63) is 64.1 Å². The van der Waals surface area contributed by atoms with Crippen molar-refractivity contribution in [1.82, 2.24) is 10.6 Å². The average molecular weight is 433 g/mol. The van der Waals surface area contributed by atoms with Gasteiger partial charge >= 0.3 is 6.03 Å². The zero-order chi connectivity index (χ0) is 19.7. The Bertz CT molecular complexity index is 724. The molecule has 146 valence electrons. The van der Waals surface area contributed by atoms with Crippen molar-refractivity contribution in [2.75, 3.05) is 19.7 Å². The molecule has 0 saturated carbocycles. The molecule has 2 amide bonds. The van der Waals surface area contributed by atoms with Crippen LogP contribution in [0.2, 0.25) is 0 Å². The Morgan fingerprint density at radius 2 is 1.74 bits per heavy atom. The van der Waals surface area contributed by atoms with Crippen LogP contribution < -0.4 is 15.4 Å². The van der Waals surface area contributed by atoms with E-state index in [1.54, 1.807) is 0 Å². The van der Waals surface area contributed by atoms with Crippen molar-refractivity contribution in [2.45, 2.75) is 39.0 Å². The first-order valence-corrected chi connectivity index (χ1v) is 10.1. The highest BCUT2D eigenvalue weighted by Crippen LogP contribution is 2.24. The molecule has 0 aliphatic heterocycles. The van der Waals surface area contributed by atoms with Gasteiger partial charge in [-0.15, -0.1) is 0 Å². The van der Waals surface area contributed by atoms with Gasteiger partial charge in [0.25, 0.3) is 0 Å². The molecular formula is C22H29BrN2O2. The number of benzene rings is 2. The molecule has 0 saturated heterocycles. The summed E-state index contributed by atoms with van der Waals surface area (Å²) in [6.45, 7) is 8.35. The van der Waals surface area contributed by atoms with Crippen molar-refractivity contribution in [1.29, 1.82) is 0 Å². The van der Waals surface area contributed by atoms with Gasteiger partial charge in [0, 0.05) is 17.6 Å². The van der Waals surface area contributed by atoms with E-state index in [9.17, 15) is 4.79 Å². The van der Waals surface area contributed by atoms with E-state index >= 15 is 0 Å². The maximum atomic E-state index is 11.8. The standard InChI is InChI=1S/C22H29BrN2O2/c1-22(2,3)18-8-10-20(11-9-18)27-15-5-13-24-21(26)25-14-12-17-6-4-7-19(23)16-17/h4,6-11,16H,5,12-15H2,1-3H3,(H2,24,25,26). The second-order valence-electron chi connectivity index (χ2n) is 7.54. The van der Waals surface area contributed by atoms with Crippen LogP contribution in [-0.2, 0) is 11.8 Å². The molecule has 0 heterocycles. The smallest absolute Gasteiger partial charge is 0.314 e. The second kappa shape index (κ2) is 10.4. The molecule has 5 heteroatoms. The molecule has 0 aromatic heterocycles. The van der Waals surface area contributed by atoms with Crippen molar-refractivity contribution in [3.63, 3.8) is 0 Å². The van der Waals surface area contributed by atoms with Gasteiger partial charge in [0.1, 0.15) is 5.75 Å². The second-order valence-corrected chi connectivity index (χ2v) is 8.45. The number of halogens is 1. The fourth-order valence-corrected chi connectivity index (χ4v) is 3.04. The lowest BCUT2D eigenvalue weighted by molar-refractivity contribution is 0.239. The lowest BCUT2D eigenvalue weighted by atomic mass is 9.87. The third kappa shape index (κ3) is 8.04. The molecule has 2 rings (SSSR count). The highest BCUT2D eigenvalue weighted by Gasteiger charge is 2.12. The first kappa shape index (κ1) is 21.3. The topological polar surface area (TPSA) is 50.4 Å². The Morgan fingerprint density at radius 1 is 1.04 bits per heavy atom. The van der Waals surface area contributed by atoms with E-state index in [4.69, 9.17) is 4.74 Å². The molecule has 4 nitrogen and oxygen atoms in total. The molecule has 0 aliphatic rings. The van der Waals surface area contributed by atoms with Gasteiger partial charge in [-0.05, 0) is 53.6 Å². The Balaban J connectivity index is 1.56. The number of rotatable bonds is 8. The van der Waals surface area contributed by atoms with Gasteiger partial charge in [-0.1, -0.05) is 61.0 Å². The summed E-state index contributed by atoms with van der Waals surface area (Å²) in [5.41, 5.74) is 2.62. The van der Waals surface area contributed by atoms with E-state index in [1.807, 2.05) is 24.3 Å². The molecular weight excluding hydrogens is 404 g/mol. The number of carbonyl (C=O) groups is 1. The summed E-state index contributed by atoms with van der Waals surface area (Å²) in [7, 11) is 0. The minimum Gasteiger partial charge on any atom is -0.494 e. The summed E-state index contributed by atoms with van der Waals surface area (Å²) >= 11 is 3.45. The maximum absolute atomic E-state index is 11.8. The molecule has 0 aliphatic carbocycles. The lowest BCUT2D eigenvalue weighted by Crippen LogP contribution is -2.37. The highest BCUT2D eigenvalue weighted by atomic mass is 79.9. The lowest BCUT2D eigenvalue weighted by Gasteiger charge is -2.19. The molecule has 27 heavy (non-hydrogen) atoms. The van der Waals surface area contributed by atoms with E-state index in [-0.39, 0.29) is 11.4 Å². The summed E-state index contributed by atoms with van der Waals surface area (Å²) in [5.74, 6) is 0.862. The average Bonchev–Trinajstić information content (AvgIpc) is 2.61. The van der Waals surface area contributed by atoms with Crippen molar-refractivity contribution in [2.24, 2.45) is 0 Å². The van der Waals surface area contributed by atoms with Crippen LogP contribution in [0.1, 0.15) is 38.3 Å². The van der Waals surface area contributed by atoms with Crippen LogP contribution in [0.5, 0.6) is 5.75 Å². The number of nitrogens with one attached hydrogen (secondary N) is 2. The van der Waals surface area contributed by atoms with Crippen molar-refractivity contribution in [3.8, 4) is 5.75 Å². The predicted octanol–water partition coefficient (Wildman–Crippen LogP) is 5.06. The normalized spacial score (nSPS) is 11.1. The number of hydrogen-bond acceptors (Lipinski definition) is 2. The summed E-state index contributed by atoms with van der Waals surface area (Å²) in [5, 5.41) is 5.73. The van der Waals surface area contributed by atoms with Gasteiger partial charge in [-0.3, -0.25) is 0 Å². The summed E-state index contributed by atoms with van der Waals surface area (Å²) < 4.78 is 6.78. The first-order valence-electron chi connectivity index (χ1n) is 9.34. The first-order chi connectivity index (χ1) is 12.8. The maximum Gasteiger partial charge on any atom is 0.314 e. The van der Waals surface area contributed by atoms with Crippen LogP contribution in [0.15, 0.2) is 53.0 Å². The van der Waals surface area contributed by atoms with Crippen molar-refractivity contribution >= 4 is 22.0 Å². The third-order valence-electron chi connectivity index (χ3n) is 4.18. The fraction of sp³-hybridized carbons (Fsp3) is 0.409. The number of amides is 2. The summed E-state index contributed by atoms with van der Waals surface area (Å²) in [6, 6.07) is 16.2. The minimum atomic E-state index is -0.139. The van der Waals surface area contributed by atoms with Gasteiger partial charge in [0.2, 0.25) is 0 Å². The summed E-state index contributed by atoms with van der Waals surface area (Å²) in [6.07, 6.45) is 1.57. The van der Waals surface area contributed by atoms with E-state index in [1.165, 1.54) is 11.1 Å². The molecule has 0 spiro atoms. The van der Waals surface area contributed by atoms with Gasteiger partial charge in [-0.2, -0.15) is 0 Å². The van der Waals surface area contributed by atoms with Crippen LogP contribution in [-0.4, -0.2) is 25.7 Å². The van der Waals surface area contributed by atoms with Gasteiger partial charge in [-0.25, -0.2) is 4.79 Å². The molecule has 0 atom stereocenters. The van der Waals surface area contributed by atoms with Gasteiger partial charge in [0.15, 0.2) is 0 Å². The Hall–Kier alpha value is -2.01. The molecule has 2 aromatic rings. The zero-order valence-corrected chi connectivity index (χ0v) is 17.9. The van der Waals surface area contributed by atoms with Crippen LogP contribution >= 0.6 is 15.9 Å². The highest BCUT2D eigenvalue weighted by molar-refractivity contribution is 9.10. The summed E-state index contributed by atoms with van der Waals surface area (Å²) in [4.78, 5) is 11.8. The Labute approximate surface area is 170 Å². The predicted molar refractivity (Wildman–Crippen MR) is 115 cm³/mol. The fourth-order valence-electron chi connectivity index (χ4n) is 2.59. The number of ether oxygens (including phenoxy) is 1. The third-order valence-corrected chi connectivity index (χ3v) is 4.68. The minimum absolute atomic E-state index is 0.139. The molecule has 0 radical (unpaired) electrons. The molecule has 0 unspecified atom stereocenters. The van der Waals surface area contributed by atoms with Gasteiger partial charge in [0.05, 0.1) is 6.61 Å². The quantitative estimate of drug-likeness (QED) is 0.572. The number of hydrogen-bond donors (Lipinski definition) is 2. The van der Waals surface area contributed by atoms with Crippen LogP contribution in [0.4, 0.5) is 4.79 Å². The molecule has 0 fully saturated rings. The Kier molecular flexibility index (Phi) is 8.17. The van der Waals surface area contributed by atoms with E-state index in [0.29, 0.717) is 19.7 Å². The SMILES string of the molecule is CC(C)(C)c1ccc(OCCCNC(=O)NCCc2cccc(Br)c2)cc1. The van der Waals surface area contributed by atoms with Crippen LogP contribution in [0.25, 0.3) is 0 Å². The number of urea groups is 1. The number of carbonyl (C=O) groups excluding carboxylic acids is 1.